The summed E-state index contributed by atoms with van der Waals surface area (Å²) < 4.78 is 28.3. The van der Waals surface area contributed by atoms with Crippen LogP contribution in [0.1, 0.15) is 19.8 Å². The number of hydrogen-bond donors (Lipinski definition) is 0. The fourth-order valence-electron chi connectivity index (χ4n) is 3.31. The molecule has 0 radical (unpaired) electrons. The number of benzene rings is 2. The van der Waals surface area contributed by atoms with E-state index < -0.39 is 10.0 Å². The van der Waals surface area contributed by atoms with Crippen LogP contribution in [0.3, 0.4) is 0 Å². The molecule has 0 bridgehead atoms. The van der Waals surface area contributed by atoms with E-state index in [-0.39, 0.29) is 23.1 Å². The first kappa shape index (κ1) is 24.8. The zero-order valence-corrected chi connectivity index (χ0v) is 20.6. The van der Waals surface area contributed by atoms with Gasteiger partial charge in [-0.2, -0.15) is 5.26 Å². The first-order valence-electron chi connectivity index (χ1n) is 10.6. The van der Waals surface area contributed by atoms with Crippen molar-refractivity contribution in [2.45, 2.75) is 36.4 Å². The monoisotopic (exact) mass is 485 g/mol. The zero-order valence-electron chi connectivity index (χ0n) is 18.9. The molecule has 1 amide bonds. The van der Waals surface area contributed by atoms with Crippen LogP contribution in [0.5, 0.6) is 0 Å². The van der Waals surface area contributed by atoms with Crippen LogP contribution in [-0.4, -0.2) is 54.6 Å². The summed E-state index contributed by atoms with van der Waals surface area (Å²) in [6.07, 6.45) is 1.91. The number of carbonyl (C=O) groups excluding carboxylic acids is 1. The Morgan fingerprint density at radius 1 is 1.18 bits per heavy atom. The van der Waals surface area contributed by atoms with E-state index >= 15 is 0 Å². The van der Waals surface area contributed by atoms with Crippen molar-refractivity contribution in [3.63, 3.8) is 0 Å². The SMILES string of the molecule is CCCCn1c(SCC(=O)N(CC#N)c2ccccc2)nc2cc(S(=O)(=O)N(C)C)ccc21. The number of carbonyl (C=O) groups is 1. The normalized spacial score (nSPS) is 11.6. The molecule has 2 aromatic carbocycles. The molecular weight excluding hydrogens is 458 g/mol. The molecule has 174 valence electrons. The highest BCUT2D eigenvalue weighted by Gasteiger charge is 2.21. The lowest BCUT2D eigenvalue weighted by molar-refractivity contribution is -0.116. The summed E-state index contributed by atoms with van der Waals surface area (Å²) in [5.74, 6) is -0.0905. The van der Waals surface area contributed by atoms with E-state index in [0.29, 0.717) is 22.9 Å². The number of amides is 1. The van der Waals surface area contributed by atoms with Gasteiger partial charge in [0, 0.05) is 26.3 Å². The number of aryl methyl sites for hydroxylation is 1. The lowest BCUT2D eigenvalue weighted by Gasteiger charge is -2.19. The molecule has 0 aliphatic carbocycles. The van der Waals surface area contributed by atoms with Crippen molar-refractivity contribution in [2.24, 2.45) is 0 Å². The molecule has 33 heavy (non-hydrogen) atoms. The molecule has 0 atom stereocenters. The molecule has 8 nitrogen and oxygen atoms in total. The van der Waals surface area contributed by atoms with Gasteiger partial charge in [0.1, 0.15) is 6.54 Å². The van der Waals surface area contributed by atoms with Crippen molar-refractivity contribution in [3.8, 4) is 6.07 Å². The summed E-state index contributed by atoms with van der Waals surface area (Å²) >= 11 is 1.29. The highest BCUT2D eigenvalue weighted by Crippen LogP contribution is 2.28. The van der Waals surface area contributed by atoms with Crippen LogP contribution in [0.4, 0.5) is 5.69 Å². The van der Waals surface area contributed by atoms with Crippen molar-refractivity contribution in [1.29, 1.82) is 5.26 Å². The molecule has 3 aromatic rings. The van der Waals surface area contributed by atoms with Gasteiger partial charge < -0.3 is 4.57 Å². The van der Waals surface area contributed by atoms with Crippen molar-refractivity contribution in [2.75, 3.05) is 31.3 Å². The number of sulfonamides is 1. The largest absolute Gasteiger partial charge is 0.319 e. The first-order valence-corrected chi connectivity index (χ1v) is 13.0. The lowest BCUT2D eigenvalue weighted by atomic mass is 10.3. The van der Waals surface area contributed by atoms with Crippen LogP contribution in [0, 0.1) is 11.3 Å². The number of rotatable bonds is 10. The number of nitriles is 1. The summed E-state index contributed by atoms with van der Waals surface area (Å²) in [6.45, 7) is 2.77. The van der Waals surface area contributed by atoms with E-state index in [1.54, 1.807) is 30.3 Å². The van der Waals surface area contributed by atoms with E-state index in [0.717, 1.165) is 18.4 Å². The molecule has 1 aromatic heterocycles. The number of fused-ring (bicyclic) bond motifs is 1. The molecule has 10 heteroatoms. The van der Waals surface area contributed by atoms with Crippen molar-refractivity contribution < 1.29 is 13.2 Å². The second-order valence-electron chi connectivity index (χ2n) is 7.60. The lowest BCUT2D eigenvalue weighted by Crippen LogP contribution is -2.32. The molecule has 0 unspecified atom stereocenters. The predicted molar refractivity (Wildman–Crippen MR) is 131 cm³/mol. The average molecular weight is 486 g/mol. The van der Waals surface area contributed by atoms with Crippen LogP contribution in [0.15, 0.2) is 58.6 Å². The highest BCUT2D eigenvalue weighted by atomic mass is 32.2. The number of thioether (sulfide) groups is 1. The van der Waals surface area contributed by atoms with Crippen LogP contribution in [0.2, 0.25) is 0 Å². The molecule has 3 rings (SSSR count). The second-order valence-corrected chi connectivity index (χ2v) is 10.7. The van der Waals surface area contributed by atoms with Crippen LogP contribution in [0.25, 0.3) is 11.0 Å². The van der Waals surface area contributed by atoms with Crippen LogP contribution >= 0.6 is 11.8 Å². The number of nitrogens with zero attached hydrogens (tertiary/aromatic N) is 5. The Morgan fingerprint density at radius 3 is 2.55 bits per heavy atom. The maximum atomic E-state index is 12.9. The molecule has 0 aliphatic heterocycles. The maximum absolute atomic E-state index is 12.9. The molecule has 0 saturated carbocycles. The molecule has 0 spiro atoms. The Bertz CT molecular complexity index is 1260. The standard InChI is InChI=1S/C23H27N5O3S2/c1-4-5-14-28-21-12-11-19(33(30,31)26(2)3)16-20(21)25-23(28)32-17-22(29)27(15-13-24)18-9-7-6-8-10-18/h6-12,16H,4-5,14-15,17H2,1-3H3. The number of unbranched alkanes of at least 4 members (excludes halogenated alkanes) is 1. The Morgan fingerprint density at radius 2 is 1.91 bits per heavy atom. The fraction of sp³-hybridized carbons (Fsp3) is 0.348. The molecular formula is C23H27N5O3S2. The molecule has 0 fully saturated rings. The number of aromatic nitrogens is 2. The number of para-hydroxylation sites is 1. The Balaban J connectivity index is 1.91. The van der Waals surface area contributed by atoms with Gasteiger partial charge in [0.25, 0.3) is 0 Å². The van der Waals surface area contributed by atoms with E-state index in [1.807, 2.05) is 28.8 Å². The maximum Gasteiger partial charge on any atom is 0.242 e. The minimum absolute atomic E-state index is 0.0403. The fourth-order valence-corrected chi connectivity index (χ4v) is 5.15. The average Bonchev–Trinajstić information content (AvgIpc) is 3.16. The molecule has 0 aliphatic rings. The number of hydrogen-bond acceptors (Lipinski definition) is 6. The number of anilines is 1. The van der Waals surface area contributed by atoms with Gasteiger partial charge in [-0.3, -0.25) is 9.69 Å². The van der Waals surface area contributed by atoms with E-state index in [2.05, 4.69) is 11.9 Å². The smallest absolute Gasteiger partial charge is 0.242 e. The van der Waals surface area contributed by atoms with Gasteiger partial charge in [-0.1, -0.05) is 43.3 Å². The Hall–Kier alpha value is -2.87. The minimum atomic E-state index is -3.58. The van der Waals surface area contributed by atoms with Gasteiger partial charge >= 0.3 is 0 Å². The summed E-state index contributed by atoms with van der Waals surface area (Å²) in [7, 11) is -0.593. The third-order valence-corrected chi connectivity index (χ3v) is 7.89. The third-order valence-electron chi connectivity index (χ3n) is 5.12. The minimum Gasteiger partial charge on any atom is -0.319 e. The van der Waals surface area contributed by atoms with E-state index in [9.17, 15) is 18.5 Å². The topological polar surface area (TPSA) is 99.3 Å². The van der Waals surface area contributed by atoms with Gasteiger partial charge in [-0.25, -0.2) is 17.7 Å². The van der Waals surface area contributed by atoms with E-state index in [4.69, 9.17) is 0 Å². The van der Waals surface area contributed by atoms with Gasteiger partial charge in [0.05, 0.1) is 27.8 Å². The summed E-state index contributed by atoms with van der Waals surface area (Å²) in [5.41, 5.74) is 2.07. The molecule has 0 saturated heterocycles. The Kier molecular flexibility index (Phi) is 8.13. The highest BCUT2D eigenvalue weighted by molar-refractivity contribution is 7.99. The summed E-state index contributed by atoms with van der Waals surface area (Å²) in [6, 6.07) is 16.1. The summed E-state index contributed by atoms with van der Waals surface area (Å²) in [5, 5.41) is 9.83. The van der Waals surface area contributed by atoms with Gasteiger partial charge in [0.15, 0.2) is 5.16 Å². The Labute approximate surface area is 198 Å². The zero-order chi connectivity index (χ0) is 24.0. The van der Waals surface area contributed by atoms with Crippen molar-refractivity contribution in [1.82, 2.24) is 13.9 Å². The van der Waals surface area contributed by atoms with Crippen LogP contribution < -0.4 is 4.90 Å². The summed E-state index contributed by atoms with van der Waals surface area (Å²) in [4.78, 5) is 19.2. The quantitative estimate of drug-likeness (QED) is 0.320. The van der Waals surface area contributed by atoms with Crippen molar-refractivity contribution >= 4 is 44.4 Å². The first-order chi connectivity index (χ1) is 15.8. The van der Waals surface area contributed by atoms with Crippen molar-refractivity contribution in [3.05, 3.63) is 48.5 Å². The predicted octanol–water partition coefficient (Wildman–Crippen LogP) is 3.74. The number of imidazole rings is 1. The molecule has 0 N–H and O–H groups in total. The van der Waals surface area contributed by atoms with Gasteiger partial charge in [0.2, 0.25) is 15.9 Å². The molecule has 1 heterocycles. The van der Waals surface area contributed by atoms with E-state index in [1.165, 1.54) is 35.1 Å². The van der Waals surface area contributed by atoms with Crippen LogP contribution in [-0.2, 0) is 21.4 Å². The van der Waals surface area contributed by atoms with Gasteiger partial charge in [-0.05, 0) is 36.8 Å². The second kappa shape index (κ2) is 10.8. The third kappa shape index (κ3) is 5.55. The van der Waals surface area contributed by atoms with Gasteiger partial charge in [-0.15, -0.1) is 0 Å².